The van der Waals surface area contributed by atoms with Crippen molar-refractivity contribution in [3.8, 4) is 5.75 Å². The van der Waals surface area contributed by atoms with Gasteiger partial charge in [0.1, 0.15) is 18.0 Å². The average Bonchev–Trinajstić information content (AvgIpc) is 2.59. The molecule has 0 bridgehead atoms. The van der Waals surface area contributed by atoms with Gasteiger partial charge in [0, 0.05) is 11.8 Å². The number of anilines is 1. The first-order valence-electron chi connectivity index (χ1n) is 8.57. The normalized spacial score (nSPS) is 11.5. The number of guanidine groups is 1. The number of rotatable bonds is 4. The molecule has 0 saturated carbocycles. The first-order valence-corrected chi connectivity index (χ1v) is 8.57. The molecule has 0 saturated heterocycles. The number of carbonyl (C=O) groups is 2. The van der Waals surface area contributed by atoms with Gasteiger partial charge in [-0.25, -0.2) is 9.59 Å². The van der Waals surface area contributed by atoms with Crippen LogP contribution in [0.15, 0.2) is 59.6 Å². The van der Waals surface area contributed by atoms with Crippen LogP contribution in [0.3, 0.4) is 0 Å². The standard InChI is InChI=1S/C20H23N3O5/c1-20(2,3)28-19(26)23-17(22-18(24)25)21-15-10-7-11-16(12-15)27-13-14-8-5-4-6-9-14/h4-12H,13H2,1-3H3,(H,24,25)(H2,21,22,23,26). The van der Waals surface area contributed by atoms with Crippen molar-refractivity contribution in [2.24, 2.45) is 4.99 Å². The van der Waals surface area contributed by atoms with E-state index in [0.29, 0.717) is 18.0 Å². The summed E-state index contributed by atoms with van der Waals surface area (Å²) in [6, 6.07) is 16.5. The van der Waals surface area contributed by atoms with Crippen molar-refractivity contribution in [2.75, 3.05) is 5.32 Å². The summed E-state index contributed by atoms with van der Waals surface area (Å²) in [4.78, 5) is 26.5. The second-order valence-electron chi connectivity index (χ2n) is 6.80. The number of hydrogen-bond acceptors (Lipinski definition) is 4. The number of carbonyl (C=O) groups excluding carboxylic acids is 1. The Kier molecular flexibility index (Phi) is 6.97. The maximum atomic E-state index is 11.9. The van der Waals surface area contributed by atoms with Gasteiger partial charge in [-0.1, -0.05) is 36.4 Å². The van der Waals surface area contributed by atoms with E-state index in [4.69, 9.17) is 14.6 Å². The highest BCUT2D eigenvalue weighted by atomic mass is 16.6. The molecule has 0 radical (unpaired) electrons. The van der Waals surface area contributed by atoms with Crippen molar-refractivity contribution in [1.82, 2.24) is 5.32 Å². The minimum absolute atomic E-state index is 0.276. The molecule has 0 aromatic heterocycles. The third-order valence-electron chi connectivity index (χ3n) is 3.17. The molecule has 8 nitrogen and oxygen atoms in total. The summed E-state index contributed by atoms with van der Waals surface area (Å²) < 4.78 is 10.8. The Morgan fingerprint density at radius 1 is 1.07 bits per heavy atom. The van der Waals surface area contributed by atoms with Gasteiger partial charge >= 0.3 is 12.2 Å². The lowest BCUT2D eigenvalue weighted by atomic mass is 10.2. The second kappa shape index (κ2) is 9.40. The maximum Gasteiger partial charge on any atom is 0.437 e. The molecule has 2 rings (SSSR count). The summed E-state index contributed by atoms with van der Waals surface area (Å²) in [6.45, 7) is 5.44. The Morgan fingerprint density at radius 2 is 1.79 bits per heavy atom. The molecule has 0 spiro atoms. The fourth-order valence-corrected chi connectivity index (χ4v) is 2.11. The number of benzene rings is 2. The monoisotopic (exact) mass is 385 g/mol. The van der Waals surface area contributed by atoms with E-state index >= 15 is 0 Å². The van der Waals surface area contributed by atoms with Gasteiger partial charge in [-0.3, -0.25) is 5.32 Å². The predicted molar refractivity (Wildman–Crippen MR) is 106 cm³/mol. The SMILES string of the molecule is CC(C)(C)OC(=O)N=C(NC(=O)O)Nc1cccc(OCc2ccccc2)c1. The zero-order valence-corrected chi connectivity index (χ0v) is 15.9. The van der Waals surface area contributed by atoms with Crippen molar-refractivity contribution in [3.05, 3.63) is 60.2 Å². The summed E-state index contributed by atoms with van der Waals surface area (Å²) in [6.07, 6.45) is -2.29. The van der Waals surface area contributed by atoms with Crippen LogP contribution in [0.5, 0.6) is 5.75 Å². The summed E-state index contributed by atoms with van der Waals surface area (Å²) in [5.74, 6) is 0.294. The van der Waals surface area contributed by atoms with Crippen molar-refractivity contribution in [2.45, 2.75) is 33.0 Å². The quantitative estimate of drug-likeness (QED) is 0.537. The first-order chi connectivity index (χ1) is 13.2. The van der Waals surface area contributed by atoms with Gasteiger partial charge in [0.2, 0.25) is 5.96 Å². The average molecular weight is 385 g/mol. The predicted octanol–water partition coefficient (Wildman–Crippen LogP) is 4.24. The zero-order chi connectivity index (χ0) is 20.6. The molecule has 0 unspecified atom stereocenters. The molecule has 0 aliphatic heterocycles. The van der Waals surface area contributed by atoms with Crippen molar-refractivity contribution >= 4 is 23.8 Å². The molecule has 2 aromatic carbocycles. The largest absolute Gasteiger partial charge is 0.489 e. The van der Waals surface area contributed by atoms with Crippen LogP contribution in [0.1, 0.15) is 26.3 Å². The number of nitrogens with one attached hydrogen (secondary N) is 2. The minimum atomic E-state index is -1.37. The van der Waals surface area contributed by atoms with Crippen molar-refractivity contribution in [3.63, 3.8) is 0 Å². The fourth-order valence-electron chi connectivity index (χ4n) is 2.11. The Balaban J connectivity index is 2.08. The molecular weight excluding hydrogens is 362 g/mol. The van der Waals surface area contributed by atoms with Crippen LogP contribution >= 0.6 is 0 Å². The number of carboxylic acid groups (broad SMARTS) is 1. The van der Waals surface area contributed by atoms with Crippen LogP contribution in [0, 0.1) is 0 Å². The van der Waals surface area contributed by atoms with Crippen molar-refractivity contribution in [1.29, 1.82) is 0 Å². The Morgan fingerprint density at radius 3 is 2.43 bits per heavy atom. The van der Waals surface area contributed by atoms with Crippen LogP contribution in [0.4, 0.5) is 15.3 Å². The molecule has 0 fully saturated rings. The smallest absolute Gasteiger partial charge is 0.437 e. The Labute approximate surface area is 163 Å². The summed E-state index contributed by atoms with van der Waals surface area (Å²) >= 11 is 0. The Hall–Kier alpha value is -3.55. The molecule has 2 aromatic rings. The van der Waals surface area contributed by atoms with E-state index in [2.05, 4.69) is 10.3 Å². The summed E-state index contributed by atoms with van der Waals surface area (Å²) in [5, 5.41) is 13.7. The number of ether oxygens (including phenoxy) is 2. The van der Waals surface area contributed by atoms with E-state index in [9.17, 15) is 9.59 Å². The van der Waals surface area contributed by atoms with Gasteiger partial charge in [-0.15, -0.1) is 4.99 Å². The number of nitrogens with zero attached hydrogens (tertiary/aromatic N) is 1. The van der Waals surface area contributed by atoms with Crippen LogP contribution in [0.2, 0.25) is 0 Å². The lowest BCUT2D eigenvalue weighted by Gasteiger charge is -2.18. The maximum absolute atomic E-state index is 11.9. The van der Waals surface area contributed by atoms with Crippen LogP contribution < -0.4 is 15.4 Å². The van der Waals surface area contributed by atoms with Gasteiger partial charge in [-0.05, 0) is 38.5 Å². The number of aliphatic imine (C=N–C) groups is 1. The molecule has 8 heteroatoms. The van der Waals surface area contributed by atoms with Gasteiger partial charge in [0.05, 0.1) is 0 Å². The highest BCUT2D eigenvalue weighted by Gasteiger charge is 2.17. The summed E-state index contributed by atoms with van der Waals surface area (Å²) in [5.41, 5.74) is 0.752. The summed E-state index contributed by atoms with van der Waals surface area (Å²) in [7, 11) is 0. The molecule has 0 aliphatic carbocycles. The minimum Gasteiger partial charge on any atom is -0.489 e. The van der Waals surface area contributed by atoms with Crippen LogP contribution in [-0.2, 0) is 11.3 Å². The highest BCUT2D eigenvalue weighted by Crippen LogP contribution is 2.19. The van der Waals surface area contributed by atoms with Gasteiger partial charge < -0.3 is 19.9 Å². The Bertz CT molecular complexity index is 844. The van der Waals surface area contributed by atoms with E-state index in [1.807, 2.05) is 35.6 Å². The van der Waals surface area contributed by atoms with Gasteiger partial charge in [-0.2, -0.15) is 0 Å². The van der Waals surface area contributed by atoms with E-state index in [1.54, 1.807) is 45.0 Å². The molecule has 2 amide bonds. The molecule has 0 aliphatic rings. The molecule has 3 N–H and O–H groups in total. The van der Waals surface area contributed by atoms with Crippen LogP contribution in [-0.4, -0.2) is 28.9 Å². The van der Waals surface area contributed by atoms with Gasteiger partial charge in [0.15, 0.2) is 0 Å². The molecule has 148 valence electrons. The van der Waals surface area contributed by atoms with Crippen LogP contribution in [0.25, 0.3) is 0 Å². The third-order valence-corrected chi connectivity index (χ3v) is 3.17. The third kappa shape index (κ3) is 7.77. The van der Waals surface area contributed by atoms with E-state index in [1.165, 1.54) is 0 Å². The molecular formula is C20H23N3O5. The number of amides is 2. The van der Waals surface area contributed by atoms with Crippen molar-refractivity contribution < 1.29 is 24.2 Å². The van der Waals surface area contributed by atoms with E-state index in [-0.39, 0.29) is 5.96 Å². The van der Waals surface area contributed by atoms with E-state index < -0.39 is 17.8 Å². The topological polar surface area (TPSA) is 109 Å². The molecule has 0 heterocycles. The second-order valence-corrected chi connectivity index (χ2v) is 6.80. The lowest BCUT2D eigenvalue weighted by Crippen LogP contribution is -2.36. The zero-order valence-electron chi connectivity index (χ0n) is 15.9. The highest BCUT2D eigenvalue weighted by molar-refractivity contribution is 6.05. The fraction of sp³-hybridized carbons (Fsp3) is 0.250. The lowest BCUT2D eigenvalue weighted by molar-refractivity contribution is 0.0604. The first kappa shape index (κ1) is 20.8. The number of hydrogen-bond donors (Lipinski definition) is 3. The van der Waals surface area contributed by atoms with Gasteiger partial charge in [0.25, 0.3) is 0 Å². The van der Waals surface area contributed by atoms with E-state index in [0.717, 1.165) is 5.56 Å². The molecule has 0 atom stereocenters. The molecule has 28 heavy (non-hydrogen) atoms.